The summed E-state index contributed by atoms with van der Waals surface area (Å²) in [6.07, 6.45) is 3.42. The van der Waals surface area contributed by atoms with E-state index < -0.39 is 11.6 Å². The molecular formula is C11H11F2N3. The van der Waals surface area contributed by atoms with E-state index in [0.29, 0.717) is 12.1 Å². The maximum Gasteiger partial charge on any atom is 0.163 e. The van der Waals surface area contributed by atoms with Crippen LogP contribution >= 0.6 is 0 Å². The van der Waals surface area contributed by atoms with Crippen molar-refractivity contribution >= 4 is 0 Å². The van der Waals surface area contributed by atoms with Crippen LogP contribution in [0.25, 0.3) is 0 Å². The number of hydrogen-bond acceptors (Lipinski definition) is 2. The summed E-state index contributed by atoms with van der Waals surface area (Å²) < 4.78 is 26.1. The highest BCUT2D eigenvalue weighted by Gasteiger charge is 2.06. The van der Waals surface area contributed by atoms with Crippen molar-refractivity contribution in [2.24, 2.45) is 0 Å². The van der Waals surface area contributed by atoms with Crippen molar-refractivity contribution in [3.8, 4) is 0 Å². The number of hydrogen-bond donors (Lipinski definition) is 2. The fourth-order valence-electron chi connectivity index (χ4n) is 1.40. The molecule has 0 amide bonds. The van der Waals surface area contributed by atoms with E-state index in [9.17, 15) is 8.78 Å². The van der Waals surface area contributed by atoms with Crippen LogP contribution in [0.5, 0.6) is 0 Å². The molecule has 0 saturated carbocycles. The summed E-state index contributed by atoms with van der Waals surface area (Å²) in [6.45, 7) is 0.848. The number of nitrogens with one attached hydrogen (secondary N) is 2. The molecule has 0 spiro atoms. The van der Waals surface area contributed by atoms with E-state index in [1.54, 1.807) is 18.5 Å². The highest BCUT2D eigenvalue weighted by Crippen LogP contribution is 2.10. The third-order valence-corrected chi connectivity index (χ3v) is 2.23. The Hall–Kier alpha value is -1.75. The Kier molecular flexibility index (Phi) is 3.26. The molecule has 0 radical (unpaired) electrons. The lowest BCUT2D eigenvalue weighted by molar-refractivity contribution is 0.492. The van der Waals surface area contributed by atoms with E-state index in [0.717, 1.165) is 11.6 Å². The second-order valence-corrected chi connectivity index (χ2v) is 3.42. The van der Waals surface area contributed by atoms with Gasteiger partial charge in [0, 0.05) is 30.4 Å². The Morgan fingerprint density at radius 1 is 1.25 bits per heavy atom. The zero-order valence-corrected chi connectivity index (χ0v) is 8.50. The molecule has 2 rings (SSSR count). The van der Waals surface area contributed by atoms with Crippen LogP contribution in [-0.4, -0.2) is 10.2 Å². The van der Waals surface area contributed by atoms with Crippen LogP contribution in [0.1, 0.15) is 11.1 Å². The van der Waals surface area contributed by atoms with Crippen LogP contribution in [0.4, 0.5) is 8.78 Å². The maximum absolute atomic E-state index is 13.2. The molecule has 0 aliphatic rings. The fraction of sp³-hybridized carbons (Fsp3) is 0.182. The summed E-state index contributed by atoms with van der Waals surface area (Å²) in [4.78, 5) is 0. The molecule has 16 heavy (non-hydrogen) atoms. The second-order valence-electron chi connectivity index (χ2n) is 3.42. The molecule has 0 aliphatic carbocycles. The van der Waals surface area contributed by atoms with Crippen LogP contribution < -0.4 is 5.32 Å². The number of aromatic nitrogens is 2. The van der Waals surface area contributed by atoms with Gasteiger partial charge in [0.1, 0.15) is 0 Å². The van der Waals surface area contributed by atoms with E-state index in [1.165, 1.54) is 6.07 Å². The summed E-state index contributed by atoms with van der Waals surface area (Å²) in [5, 5.41) is 9.46. The van der Waals surface area contributed by atoms with Crippen LogP contribution in [0, 0.1) is 11.6 Å². The molecule has 1 aromatic heterocycles. The van der Waals surface area contributed by atoms with Crippen LogP contribution in [0.2, 0.25) is 0 Å². The molecule has 0 bridgehead atoms. The van der Waals surface area contributed by atoms with Crippen molar-refractivity contribution < 1.29 is 8.78 Å². The van der Waals surface area contributed by atoms with Gasteiger partial charge < -0.3 is 5.32 Å². The molecule has 0 saturated heterocycles. The summed E-state index contributed by atoms with van der Waals surface area (Å²) >= 11 is 0. The van der Waals surface area contributed by atoms with Gasteiger partial charge in [-0.1, -0.05) is 12.1 Å². The van der Waals surface area contributed by atoms with Gasteiger partial charge in [-0.25, -0.2) is 8.78 Å². The molecule has 2 N–H and O–H groups in total. The highest BCUT2D eigenvalue weighted by atomic mass is 19.2. The van der Waals surface area contributed by atoms with Crippen molar-refractivity contribution in [3.05, 3.63) is 53.4 Å². The zero-order chi connectivity index (χ0) is 11.4. The van der Waals surface area contributed by atoms with E-state index in [2.05, 4.69) is 15.5 Å². The number of benzene rings is 1. The third kappa shape index (κ3) is 2.43. The molecule has 0 atom stereocenters. The van der Waals surface area contributed by atoms with Crippen molar-refractivity contribution in [2.45, 2.75) is 13.1 Å². The Balaban J connectivity index is 1.92. The van der Waals surface area contributed by atoms with Gasteiger partial charge in [-0.3, -0.25) is 5.10 Å². The molecule has 0 unspecified atom stereocenters. The van der Waals surface area contributed by atoms with Crippen LogP contribution in [0.3, 0.4) is 0 Å². The largest absolute Gasteiger partial charge is 0.308 e. The molecule has 1 heterocycles. The highest BCUT2D eigenvalue weighted by molar-refractivity contribution is 5.18. The van der Waals surface area contributed by atoms with Gasteiger partial charge in [-0.15, -0.1) is 0 Å². The van der Waals surface area contributed by atoms with Gasteiger partial charge in [0.15, 0.2) is 11.6 Å². The Bertz CT molecular complexity index is 454. The fourth-order valence-corrected chi connectivity index (χ4v) is 1.40. The third-order valence-electron chi connectivity index (χ3n) is 2.23. The smallest absolute Gasteiger partial charge is 0.163 e. The maximum atomic E-state index is 13.2. The number of halogens is 2. The monoisotopic (exact) mass is 223 g/mol. The van der Waals surface area contributed by atoms with E-state index in [4.69, 9.17) is 0 Å². The topological polar surface area (TPSA) is 40.7 Å². The van der Waals surface area contributed by atoms with Crippen molar-refractivity contribution in [1.82, 2.24) is 15.5 Å². The standard InChI is InChI=1S/C11H11F2N3/c12-10-3-1-2-9(11(10)13)7-14-4-8-5-15-16-6-8/h1-3,5-6,14H,4,7H2,(H,15,16). The summed E-state index contributed by atoms with van der Waals surface area (Å²) in [6, 6.07) is 4.16. The van der Waals surface area contributed by atoms with Crippen LogP contribution in [-0.2, 0) is 13.1 Å². The minimum absolute atomic E-state index is 0.286. The SMILES string of the molecule is Fc1cccc(CNCc2cn[nH]c2)c1F. The lowest BCUT2D eigenvalue weighted by atomic mass is 10.2. The first-order valence-corrected chi connectivity index (χ1v) is 4.88. The minimum Gasteiger partial charge on any atom is -0.308 e. The summed E-state index contributed by atoms with van der Waals surface area (Å²) in [5.74, 6) is -1.61. The summed E-state index contributed by atoms with van der Waals surface area (Å²) in [7, 11) is 0. The Labute approximate surface area is 91.5 Å². The van der Waals surface area contributed by atoms with Gasteiger partial charge in [0.25, 0.3) is 0 Å². The Morgan fingerprint density at radius 3 is 2.88 bits per heavy atom. The minimum atomic E-state index is -0.817. The average molecular weight is 223 g/mol. The number of aromatic amines is 1. The lowest BCUT2D eigenvalue weighted by Crippen LogP contribution is -2.13. The molecule has 0 aliphatic heterocycles. The first-order chi connectivity index (χ1) is 7.77. The van der Waals surface area contributed by atoms with E-state index in [-0.39, 0.29) is 6.54 Å². The normalized spacial score (nSPS) is 10.6. The van der Waals surface area contributed by atoms with E-state index in [1.807, 2.05) is 0 Å². The number of rotatable bonds is 4. The van der Waals surface area contributed by atoms with Gasteiger partial charge in [-0.2, -0.15) is 5.10 Å². The lowest BCUT2D eigenvalue weighted by Gasteiger charge is -2.04. The molecule has 0 fully saturated rings. The molecular weight excluding hydrogens is 212 g/mol. The molecule has 84 valence electrons. The number of H-pyrrole nitrogens is 1. The van der Waals surface area contributed by atoms with E-state index >= 15 is 0 Å². The van der Waals surface area contributed by atoms with Gasteiger partial charge >= 0.3 is 0 Å². The summed E-state index contributed by atoms with van der Waals surface area (Å²) in [5.41, 5.74) is 1.29. The van der Waals surface area contributed by atoms with Crippen molar-refractivity contribution in [2.75, 3.05) is 0 Å². The number of nitrogens with zero attached hydrogens (tertiary/aromatic N) is 1. The zero-order valence-electron chi connectivity index (χ0n) is 8.50. The van der Waals surface area contributed by atoms with Crippen LogP contribution in [0.15, 0.2) is 30.6 Å². The average Bonchev–Trinajstić information content (AvgIpc) is 2.77. The second kappa shape index (κ2) is 4.85. The Morgan fingerprint density at radius 2 is 2.12 bits per heavy atom. The van der Waals surface area contributed by atoms with Crippen molar-refractivity contribution in [1.29, 1.82) is 0 Å². The first-order valence-electron chi connectivity index (χ1n) is 4.88. The van der Waals surface area contributed by atoms with Gasteiger partial charge in [0.2, 0.25) is 0 Å². The quantitative estimate of drug-likeness (QED) is 0.832. The van der Waals surface area contributed by atoms with Crippen molar-refractivity contribution in [3.63, 3.8) is 0 Å². The predicted molar refractivity (Wildman–Crippen MR) is 55.5 cm³/mol. The first kappa shape index (κ1) is 10.8. The molecule has 1 aromatic carbocycles. The predicted octanol–water partition coefficient (Wildman–Crippen LogP) is 1.98. The molecule has 2 aromatic rings. The molecule has 3 nitrogen and oxygen atoms in total. The van der Waals surface area contributed by atoms with Gasteiger partial charge in [-0.05, 0) is 6.07 Å². The molecule has 5 heteroatoms. The van der Waals surface area contributed by atoms with Gasteiger partial charge in [0.05, 0.1) is 6.20 Å².